The molecule has 0 radical (unpaired) electrons. The van der Waals surface area contributed by atoms with Gasteiger partial charge in [-0.1, -0.05) is 6.92 Å². The van der Waals surface area contributed by atoms with E-state index in [1.807, 2.05) is 22.6 Å². The van der Waals surface area contributed by atoms with Crippen LogP contribution in [0.25, 0.3) is 0 Å². The summed E-state index contributed by atoms with van der Waals surface area (Å²) in [6, 6.07) is 4.96. The molecule has 1 fully saturated rings. The number of hydrogen-bond donors (Lipinski definition) is 2. The first-order valence-corrected chi connectivity index (χ1v) is 7.58. The number of amides is 1. The minimum absolute atomic E-state index is 0.142. The largest absolute Gasteiger partial charge is 0.507 e. The summed E-state index contributed by atoms with van der Waals surface area (Å²) in [6.45, 7) is 3.51. The molecule has 0 aliphatic carbocycles. The van der Waals surface area contributed by atoms with E-state index in [-0.39, 0.29) is 17.8 Å². The van der Waals surface area contributed by atoms with Crippen molar-refractivity contribution in [3.05, 3.63) is 27.3 Å². The average Bonchev–Trinajstić information content (AvgIpc) is 2.86. The first-order valence-electron chi connectivity index (χ1n) is 6.50. The van der Waals surface area contributed by atoms with E-state index in [0.29, 0.717) is 18.0 Å². The lowest BCUT2D eigenvalue weighted by atomic mass is 9.99. The van der Waals surface area contributed by atoms with E-state index in [0.717, 1.165) is 23.0 Å². The number of phenolic OH excluding ortho intramolecular Hbond substituents is 1. The van der Waals surface area contributed by atoms with E-state index in [4.69, 9.17) is 4.74 Å². The Morgan fingerprint density at radius 3 is 3.05 bits per heavy atom. The molecule has 2 N–H and O–H groups in total. The summed E-state index contributed by atoms with van der Waals surface area (Å²) >= 11 is 2.03. The van der Waals surface area contributed by atoms with Gasteiger partial charge in [-0.05, 0) is 53.6 Å². The van der Waals surface area contributed by atoms with Crippen LogP contribution in [0.2, 0.25) is 0 Å². The highest BCUT2D eigenvalue weighted by Gasteiger charge is 2.26. The first-order chi connectivity index (χ1) is 9.11. The van der Waals surface area contributed by atoms with Crippen molar-refractivity contribution < 1.29 is 14.6 Å². The molecular formula is C14H18INO3. The second kappa shape index (κ2) is 6.56. The Balaban J connectivity index is 1.92. The fourth-order valence-electron chi connectivity index (χ4n) is 2.36. The van der Waals surface area contributed by atoms with Gasteiger partial charge in [0.2, 0.25) is 0 Å². The van der Waals surface area contributed by atoms with Gasteiger partial charge in [-0.2, -0.15) is 0 Å². The van der Waals surface area contributed by atoms with E-state index in [1.54, 1.807) is 12.1 Å². The second-order valence-electron chi connectivity index (χ2n) is 4.74. The number of benzene rings is 1. The van der Waals surface area contributed by atoms with E-state index in [9.17, 15) is 9.90 Å². The van der Waals surface area contributed by atoms with E-state index in [2.05, 4.69) is 12.2 Å². The second-order valence-corrected chi connectivity index (χ2v) is 5.90. The molecule has 2 atom stereocenters. The van der Waals surface area contributed by atoms with Crippen LogP contribution in [-0.2, 0) is 4.74 Å². The first kappa shape index (κ1) is 14.6. The molecule has 104 valence electrons. The van der Waals surface area contributed by atoms with Crippen molar-refractivity contribution >= 4 is 28.5 Å². The highest BCUT2D eigenvalue weighted by Crippen LogP contribution is 2.23. The number of aromatic hydroxyl groups is 1. The zero-order chi connectivity index (χ0) is 13.8. The van der Waals surface area contributed by atoms with Crippen LogP contribution in [0.5, 0.6) is 5.75 Å². The summed E-state index contributed by atoms with van der Waals surface area (Å²) in [5.41, 5.74) is 0.491. The molecule has 1 aromatic carbocycles. The van der Waals surface area contributed by atoms with Crippen LogP contribution in [0.4, 0.5) is 0 Å². The normalized spacial score (nSPS) is 22.4. The summed E-state index contributed by atoms with van der Waals surface area (Å²) in [6.07, 6.45) is 2.23. The van der Waals surface area contributed by atoms with E-state index in [1.165, 1.54) is 6.07 Å². The van der Waals surface area contributed by atoms with Crippen LogP contribution in [0.3, 0.4) is 0 Å². The van der Waals surface area contributed by atoms with Gasteiger partial charge in [0.1, 0.15) is 5.75 Å². The van der Waals surface area contributed by atoms with Crippen LogP contribution in [0.15, 0.2) is 18.2 Å². The lowest BCUT2D eigenvalue weighted by Crippen LogP contribution is -2.32. The molecule has 0 bridgehead atoms. The van der Waals surface area contributed by atoms with Gasteiger partial charge in [-0.3, -0.25) is 4.79 Å². The van der Waals surface area contributed by atoms with E-state index >= 15 is 0 Å². The third-order valence-corrected chi connectivity index (χ3v) is 4.39. The monoisotopic (exact) mass is 375 g/mol. The maximum absolute atomic E-state index is 12.0. The Morgan fingerprint density at radius 1 is 1.58 bits per heavy atom. The van der Waals surface area contributed by atoms with E-state index < -0.39 is 0 Å². The highest BCUT2D eigenvalue weighted by molar-refractivity contribution is 14.1. The molecule has 1 heterocycles. The molecule has 1 aromatic rings. The summed E-state index contributed by atoms with van der Waals surface area (Å²) < 4.78 is 6.34. The molecule has 0 spiro atoms. The molecule has 5 heteroatoms. The maximum atomic E-state index is 12.0. The number of phenols is 1. The molecule has 1 aliphatic heterocycles. The van der Waals surface area contributed by atoms with Gasteiger partial charge in [0.25, 0.3) is 5.91 Å². The predicted molar refractivity (Wildman–Crippen MR) is 81.3 cm³/mol. The smallest absolute Gasteiger partial charge is 0.251 e. The fourth-order valence-corrected chi connectivity index (χ4v) is 2.69. The maximum Gasteiger partial charge on any atom is 0.251 e. The van der Waals surface area contributed by atoms with Crippen LogP contribution in [0, 0.1) is 9.49 Å². The van der Waals surface area contributed by atoms with Crippen molar-refractivity contribution in [2.75, 3.05) is 13.2 Å². The average molecular weight is 375 g/mol. The standard InChI is InChI=1S/C14H18INO3/c1-2-13-10(5-6-19-13)8-16-14(18)9-3-4-11(15)12(17)7-9/h3-4,7,10,13,17H,2,5-6,8H2,1H3,(H,16,18). The van der Waals surface area contributed by atoms with Crippen LogP contribution in [-0.4, -0.2) is 30.3 Å². The Labute approximate surface area is 126 Å². The van der Waals surface area contributed by atoms with Crippen LogP contribution >= 0.6 is 22.6 Å². The predicted octanol–water partition coefficient (Wildman–Crippen LogP) is 2.54. The Kier molecular flexibility index (Phi) is 5.04. The summed E-state index contributed by atoms with van der Waals surface area (Å²) in [5.74, 6) is 0.392. The lowest BCUT2D eigenvalue weighted by molar-refractivity contribution is 0.0826. The summed E-state index contributed by atoms with van der Waals surface area (Å²) in [5, 5.41) is 12.5. The van der Waals surface area contributed by atoms with Crippen molar-refractivity contribution in [1.29, 1.82) is 0 Å². The zero-order valence-corrected chi connectivity index (χ0v) is 13.0. The fraction of sp³-hybridized carbons (Fsp3) is 0.500. The Bertz CT molecular complexity index is 464. The van der Waals surface area contributed by atoms with Crippen molar-refractivity contribution in [2.45, 2.75) is 25.9 Å². The van der Waals surface area contributed by atoms with Gasteiger partial charge in [0.05, 0.1) is 9.67 Å². The van der Waals surface area contributed by atoms with Gasteiger partial charge in [-0.15, -0.1) is 0 Å². The topological polar surface area (TPSA) is 58.6 Å². The minimum atomic E-state index is -0.145. The molecule has 1 amide bonds. The Hall–Kier alpha value is -0.820. The van der Waals surface area contributed by atoms with Gasteiger partial charge < -0.3 is 15.2 Å². The summed E-state index contributed by atoms with van der Waals surface area (Å²) in [7, 11) is 0. The quantitative estimate of drug-likeness (QED) is 0.796. The number of carbonyl (C=O) groups is 1. The molecule has 1 saturated heterocycles. The minimum Gasteiger partial charge on any atom is -0.507 e. The molecule has 4 nitrogen and oxygen atoms in total. The number of carbonyl (C=O) groups excluding carboxylic acids is 1. The number of rotatable bonds is 4. The molecule has 0 saturated carbocycles. The molecule has 19 heavy (non-hydrogen) atoms. The van der Waals surface area contributed by atoms with Crippen molar-refractivity contribution in [3.63, 3.8) is 0 Å². The molecule has 1 aliphatic rings. The number of halogens is 1. The van der Waals surface area contributed by atoms with Crippen molar-refractivity contribution in [3.8, 4) is 5.75 Å². The summed E-state index contributed by atoms with van der Waals surface area (Å²) in [4.78, 5) is 12.0. The van der Waals surface area contributed by atoms with Crippen molar-refractivity contribution in [1.82, 2.24) is 5.32 Å². The van der Waals surface area contributed by atoms with Crippen LogP contribution in [0.1, 0.15) is 30.1 Å². The van der Waals surface area contributed by atoms with Gasteiger partial charge >= 0.3 is 0 Å². The SMILES string of the molecule is CCC1OCCC1CNC(=O)c1ccc(I)c(O)c1. The lowest BCUT2D eigenvalue weighted by Gasteiger charge is -2.17. The van der Waals surface area contributed by atoms with Crippen LogP contribution < -0.4 is 5.32 Å². The van der Waals surface area contributed by atoms with Crippen molar-refractivity contribution in [2.24, 2.45) is 5.92 Å². The number of ether oxygens (including phenoxy) is 1. The van der Waals surface area contributed by atoms with Gasteiger partial charge in [0.15, 0.2) is 0 Å². The van der Waals surface area contributed by atoms with Gasteiger partial charge in [0, 0.05) is 24.6 Å². The molecular weight excluding hydrogens is 357 g/mol. The third-order valence-electron chi connectivity index (χ3n) is 3.48. The molecule has 2 unspecified atom stereocenters. The zero-order valence-electron chi connectivity index (χ0n) is 10.9. The van der Waals surface area contributed by atoms with Gasteiger partial charge in [-0.25, -0.2) is 0 Å². The number of hydrogen-bond acceptors (Lipinski definition) is 3. The Morgan fingerprint density at radius 2 is 2.37 bits per heavy atom. The molecule has 0 aromatic heterocycles. The number of nitrogens with one attached hydrogen (secondary N) is 1. The highest BCUT2D eigenvalue weighted by atomic mass is 127. The third kappa shape index (κ3) is 3.60. The molecule has 2 rings (SSSR count).